The minimum Gasteiger partial charge on any atom is -0.275 e. The normalized spacial score (nSPS) is 23.7. The Morgan fingerprint density at radius 1 is 1.45 bits per heavy atom. The van der Waals surface area contributed by atoms with E-state index in [9.17, 15) is 12.6 Å². The molecule has 0 saturated carbocycles. The molecule has 2 aromatic heterocycles. The summed E-state index contributed by atoms with van der Waals surface area (Å²) in [6, 6.07) is 1.38. The van der Waals surface area contributed by atoms with Gasteiger partial charge in [0.1, 0.15) is 4.21 Å². The smallest absolute Gasteiger partial charge is 0.253 e. The van der Waals surface area contributed by atoms with E-state index in [1.54, 1.807) is 42.5 Å². The van der Waals surface area contributed by atoms with Gasteiger partial charge in [-0.1, -0.05) is 0 Å². The fraction of sp³-hybridized carbons (Fsp3) is 0.462. The molecule has 3 rings (SSSR count). The molecule has 120 valence electrons. The van der Waals surface area contributed by atoms with Crippen molar-refractivity contribution in [3.05, 3.63) is 35.0 Å². The number of aryl methyl sites for hydroxylation is 2. The van der Waals surface area contributed by atoms with E-state index in [1.165, 1.54) is 15.6 Å². The van der Waals surface area contributed by atoms with Crippen LogP contribution in [0.3, 0.4) is 0 Å². The summed E-state index contributed by atoms with van der Waals surface area (Å²) in [6.45, 7) is 2.07. The van der Waals surface area contributed by atoms with Gasteiger partial charge >= 0.3 is 0 Å². The first-order valence-electron chi connectivity index (χ1n) is 6.79. The minimum absolute atomic E-state index is 0.270. The van der Waals surface area contributed by atoms with Gasteiger partial charge < -0.3 is 0 Å². The molecular weight excluding hydrogens is 342 g/mol. The SMILES string of the molecule is Cc1ccsc1S(=O)(=O)N1CCS(=O)CC1c1cnn(C)c1. The summed E-state index contributed by atoms with van der Waals surface area (Å²) in [5, 5.41) is 5.89. The molecule has 1 aliphatic rings. The van der Waals surface area contributed by atoms with E-state index in [2.05, 4.69) is 5.10 Å². The molecule has 6 nitrogen and oxygen atoms in total. The number of hydrogen-bond acceptors (Lipinski definition) is 5. The van der Waals surface area contributed by atoms with Gasteiger partial charge in [0.2, 0.25) is 0 Å². The third-order valence-corrected chi connectivity index (χ3v) is 8.60. The molecule has 0 N–H and O–H groups in total. The van der Waals surface area contributed by atoms with Crippen molar-refractivity contribution in [2.24, 2.45) is 7.05 Å². The summed E-state index contributed by atoms with van der Waals surface area (Å²) < 4.78 is 41.4. The molecule has 0 bridgehead atoms. The van der Waals surface area contributed by atoms with Crippen LogP contribution >= 0.6 is 11.3 Å². The van der Waals surface area contributed by atoms with E-state index in [4.69, 9.17) is 0 Å². The van der Waals surface area contributed by atoms with Gasteiger partial charge in [0.05, 0.1) is 12.2 Å². The highest BCUT2D eigenvalue weighted by atomic mass is 32.2. The zero-order chi connectivity index (χ0) is 15.9. The number of aromatic nitrogens is 2. The van der Waals surface area contributed by atoms with Crippen molar-refractivity contribution in [1.29, 1.82) is 0 Å². The van der Waals surface area contributed by atoms with Gasteiger partial charge in [-0.05, 0) is 23.9 Å². The van der Waals surface area contributed by atoms with Gasteiger partial charge in [-0.15, -0.1) is 11.3 Å². The van der Waals surface area contributed by atoms with Crippen molar-refractivity contribution >= 4 is 32.2 Å². The highest BCUT2D eigenvalue weighted by Gasteiger charge is 2.38. The minimum atomic E-state index is -3.58. The molecule has 0 aromatic carbocycles. The summed E-state index contributed by atoms with van der Waals surface area (Å²) in [5.74, 6) is 0.690. The molecular formula is C13H17N3O3S3. The second-order valence-electron chi connectivity index (χ2n) is 5.28. The quantitative estimate of drug-likeness (QED) is 0.828. The number of thiophene rings is 1. The lowest BCUT2D eigenvalue weighted by atomic mass is 10.2. The van der Waals surface area contributed by atoms with E-state index < -0.39 is 26.9 Å². The molecule has 3 heterocycles. The molecule has 22 heavy (non-hydrogen) atoms. The van der Waals surface area contributed by atoms with Crippen molar-refractivity contribution in [1.82, 2.24) is 14.1 Å². The Bertz CT molecular complexity index is 809. The fourth-order valence-corrected chi connectivity index (χ4v) is 7.22. The molecule has 0 amide bonds. The first kappa shape index (κ1) is 15.9. The van der Waals surface area contributed by atoms with Gasteiger partial charge in [-0.2, -0.15) is 9.40 Å². The Morgan fingerprint density at radius 3 is 2.82 bits per heavy atom. The van der Waals surface area contributed by atoms with E-state index in [0.717, 1.165) is 11.1 Å². The molecule has 0 aliphatic carbocycles. The maximum absolute atomic E-state index is 13.0. The second kappa shape index (κ2) is 5.88. The Morgan fingerprint density at radius 2 is 2.23 bits per heavy atom. The first-order chi connectivity index (χ1) is 10.4. The lowest BCUT2D eigenvalue weighted by Crippen LogP contribution is -2.44. The van der Waals surface area contributed by atoms with Gasteiger partial charge in [-0.3, -0.25) is 8.89 Å². The van der Waals surface area contributed by atoms with Crippen LogP contribution in [0.2, 0.25) is 0 Å². The number of sulfonamides is 1. The van der Waals surface area contributed by atoms with Crippen molar-refractivity contribution < 1.29 is 12.6 Å². The van der Waals surface area contributed by atoms with Crippen LogP contribution in [0.1, 0.15) is 17.2 Å². The van der Waals surface area contributed by atoms with Crippen LogP contribution in [0.4, 0.5) is 0 Å². The highest BCUT2D eigenvalue weighted by molar-refractivity contribution is 7.91. The van der Waals surface area contributed by atoms with Crippen molar-refractivity contribution in [2.75, 3.05) is 18.1 Å². The molecule has 2 atom stereocenters. The van der Waals surface area contributed by atoms with Gasteiger partial charge in [0, 0.05) is 47.7 Å². The average molecular weight is 359 g/mol. The third-order valence-electron chi connectivity index (χ3n) is 3.70. The monoisotopic (exact) mass is 359 g/mol. The summed E-state index contributed by atoms with van der Waals surface area (Å²) >= 11 is 1.23. The molecule has 2 aromatic rings. The standard InChI is InChI=1S/C13H17N3O3S3/c1-10-3-5-20-13(10)22(18,19)16-4-6-21(17)9-12(16)11-7-14-15(2)8-11/h3,5,7-8,12H,4,6,9H2,1-2H3. The summed E-state index contributed by atoms with van der Waals surface area (Å²) in [6.07, 6.45) is 3.44. The highest BCUT2D eigenvalue weighted by Crippen LogP contribution is 2.34. The number of hydrogen-bond donors (Lipinski definition) is 0. The van der Waals surface area contributed by atoms with Crippen LogP contribution in [0.5, 0.6) is 0 Å². The van der Waals surface area contributed by atoms with Gasteiger partial charge in [-0.25, -0.2) is 8.42 Å². The lowest BCUT2D eigenvalue weighted by molar-refractivity contribution is 0.351. The largest absolute Gasteiger partial charge is 0.275 e. The third kappa shape index (κ3) is 2.78. The maximum atomic E-state index is 13.0. The Hall–Kier alpha value is -1.03. The Labute approximate surface area is 136 Å². The molecule has 1 fully saturated rings. The topological polar surface area (TPSA) is 72.3 Å². The zero-order valence-electron chi connectivity index (χ0n) is 12.3. The Balaban J connectivity index is 2.03. The van der Waals surface area contributed by atoms with Crippen molar-refractivity contribution in [3.63, 3.8) is 0 Å². The molecule has 0 radical (unpaired) electrons. The van der Waals surface area contributed by atoms with E-state index >= 15 is 0 Å². The van der Waals surface area contributed by atoms with Crippen LogP contribution in [0, 0.1) is 6.92 Å². The predicted octanol–water partition coefficient (Wildman–Crippen LogP) is 1.28. The predicted molar refractivity (Wildman–Crippen MR) is 86.8 cm³/mol. The lowest BCUT2D eigenvalue weighted by Gasteiger charge is -2.33. The molecule has 1 saturated heterocycles. The molecule has 2 unspecified atom stereocenters. The van der Waals surface area contributed by atoms with Crippen LogP contribution in [-0.2, 0) is 27.9 Å². The zero-order valence-corrected chi connectivity index (χ0v) is 14.7. The van der Waals surface area contributed by atoms with Crippen molar-refractivity contribution in [2.45, 2.75) is 17.2 Å². The Kier molecular flexibility index (Phi) is 4.23. The van der Waals surface area contributed by atoms with Crippen LogP contribution < -0.4 is 0 Å². The molecule has 1 aliphatic heterocycles. The van der Waals surface area contributed by atoms with Crippen molar-refractivity contribution in [3.8, 4) is 0 Å². The second-order valence-corrected chi connectivity index (χ2v) is 9.90. The molecule has 9 heteroatoms. The van der Waals surface area contributed by atoms with Gasteiger partial charge in [0.15, 0.2) is 0 Å². The number of nitrogens with zero attached hydrogens (tertiary/aromatic N) is 3. The summed E-state index contributed by atoms with van der Waals surface area (Å²) in [4.78, 5) is 0. The summed E-state index contributed by atoms with van der Waals surface area (Å²) in [5.41, 5.74) is 1.54. The van der Waals surface area contributed by atoms with E-state index in [0.29, 0.717) is 15.7 Å². The van der Waals surface area contributed by atoms with Crippen LogP contribution in [0.15, 0.2) is 28.0 Å². The maximum Gasteiger partial charge on any atom is 0.253 e. The number of rotatable bonds is 3. The van der Waals surface area contributed by atoms with Crippen LogP contribution in [0.25, 0.3) is 0 Å². The van der Waals surface area contributed by atoms with Gasteiger partial charge in [0.25, 0.3) is 10.0 Å². The van der Waals surface area contributed by atoms with Crippen LogP contribution in [-0.4, -0.2) is 44.8 Å². The molecule has 0 spiro atoms. The van der Waals surface area contributed by atoms with E-state index in [1.807, 2.05) is 0 Å². The average Bonchev–Trinajstić information content (AvgIpc) is 3.07. The first-order valence-corrected chi connectivity index (χ1v) is 10.6. The fourth-order valence-electron chi connectivity index (χ4n) is 2.58. The van der Waals surface area contributed by atoms with E-state index in [-0.39, 0.29) is 6.54 Å². The summed E-state index contributed by atoms with van der Waals surface area (Å²) in [7, 11) is -2.81.